The maximum atomic E-state index is 11.9. The van der Waals surface area contributed by atoms with Crippen LogP contribution in [0.1, 0.15) is 6.55 Å². The quantitative estimate of drug-likeness (QED) is 0.798. The van der Waals surface area contributed by atoms with Crippen LogP contribution >= 0.6 is 0 Å². The molecule has 5 nitrogen and oxygen atoms in total. The average Bonchev–Trinajstić information content (AvgIpc) is 2.31. The van der Waals surface area contributed by atoms with Gasteiger partial charge in [0.25, 0.3) is 0 Å². The van der Waals surface area contributed by atoms with E-state index in [0.29, 0.717) is 4.68 Å². The fourth-order valence-corrected chi connectivity index (χ4v) is 1.25. The van der Waals surface area contributed by atoms with Gasteiger partial charge >= 0.3 is 6.55 Å². The molecule has 0 aromatic carbocycles. The number of sulfonamides is 1. The fourth-order valence-electron chi connectivity index (χ4n) is 0.712. The molecule has 0 spiro atoms. The van der Waals surface area contributed by atoms with Crippen molar-refractivity contribution in [3.8, 4) is 0 Å². The standard InChI is InChI=1S/C5H7F2N3O2S/c1-13(11,12)9-4-2-8-10(3-4)5(6)7/h2-3,5,9H,1H3. The Hall–Kier alpha value is -1.18. The number of alkyl halides is 2. The van der Waals surface area contributed by atoms with Crippen LogP contribution in [-0.2, 0) is 10.0 Å². The Balaban J connectivity index is 2.81. The van der Waals surface area contributed by atoms with Gasteiger partial charge in [-0.2, -0.15) is 13.9 Å². The van der Waals surface area contributed by atoms with Crippen molar-refractivity contribution >= 4 is 15.7 Å². The molecule has 0 amide bonds. The zero-order valence-electron chi connectivity index (χ0n) is 6.61. The topological polar surface area (TPSA) is 64.0 Å². The summed E-state index contributed by atoms with van der Waals surface area (Å²) in [5.41, 5.74) is 0.0165. The van der Waals surface area contributed by atoms with Gasteiger partial charge in [-0.05, 0) is 0 Å². The molecule has 0 aliphatic heterocycles. The summed E-state index contributed by atoms with van der Waals surface area (Å²) in [5.74, 6) is 0. The van der Waals surface area contributed by atoms with E-state index in [2.05, 4.69) is 5.10 Å². The molecule has 1 N–H and O–H groups in total. The Kier molecular flexibility index (Phi) is 2.50. The van der Waals surface area contributed by atoms with Gasteiger partial charge in [-0.25, -0.2) is 13.1 Å². The number of hydrogen-bond donors (Lipinski definition) is 1. The largest absolute Gasteiger partial charge is 0.333 e. The monoisotopic (exact) mass is 211 g/mol. The number of halogens is 2. The highest BCUT2D eigenvalue weighted by atomic mass is 32.2. The molecular formula is C5H7F2N3O2S. The third-order valence-corrected chi connectivity index (χ3v) is 1.71. The summed E-state index contributed by atoms with van der Waals surface area (Å²) in [4.78, 5) is 0. The first-order valence-corrected chi connectivity index (χ1v) is 5.08. The number of nitrogens with zero attached hydrogens (tertiary/aromatic N) is 2. The maximum Gasteiger partial charge on any atom is 0.333 e. The number of rotatable bonds is 3. The van der Waals surface area contributed by atoms with E-state index >= 15 is 0 Å². The van der Waals surface area contributed by atoms with Crippen LogP contribution in [0.3, 0.4) is 0 Å². The minimum absolute atomic E-state index is 0.0165. The molecule has 0 atom stereocenters. The molecule has 0 radical (unpaired) electrons. The number of nitrogens with one attached hydrogen (secondary N) is 1. The van der Waals surface area contributed by atoms with Gasteiger partial charge in [-0.15, -0.1) is 0 Å². The van der Waals surface area contributed by atoms with Crippen molar-refractivity contribution < 1.29 is 17.2 Å². The Morgan fingerprint density at radius 3 is 2.62 bits per heavy atom. The zero-order chi connectivity index (χ0) is 10.1. The summed E-state index contributed by atoms with van der Waals surface area (Å²) in [5, 5.41) is 3.24. The summed E-state index contributed by atoms with van der Waals surface area (Å²) in [6.07, 6.45) is 2.84. The first-order chi connectivity index (χ1) is 5.88. The van der Waals surface area contributed by atoms with Gasteiger partial charge in [0.05, 0.1) is 24.3 Å². The van der Waals surface area contributed by atoms with Gasteiger partial charge in [-0.3, -0.25) is 4.72 Å². The van der Waals surface area contributed by atoms with Crippen LogP contribution in [-0.4, -0.2) is 24.5 Å². The van der Waals surface area contributed by atoms with Crippen molar-refractivity contribution in [3.63, 3.8) is 0 Å². The number of anilines is 1. The van der Waals surface area contributed by atoms with Crippen LogP contribution in [0.5, 0.6) is 0 Å². The summed E-state index contributed by atoms with van der Waals surface area (Å²) < 4.78 is 47.5. The van der Waals surface area contributed by atoms with E-state index in [1.165, 1.54) is 0 Å². The van der Waals surface area contributed by atoms with Gasteiger partial charge < -0.3 is 0 Å². The number of aromatic nitrogens is 2. The number of hydrogen-bond acceptors (Lipinski definition) is 3. The lowest BCUT2D eigenvalue weighted by molar-refractivity contribution is 0.0566. The second-order valence-corrected chi connectivity index (χ2v) is 4.11. The lowest BCUT2D eigenvalue weighted by Crippen LogP contribution is -2.08. The fraction of sp³-hybridized carbons (Fsp3) is 0.400. The Morgan fingerprint density at radius 1 is 1.62 bits per heavy atom. The molecule has 1 heterocycles. The van der Waals surface area contributed by atoms with E-state index in [0.717, 1.165) is 18.6 Å². The second-order valence-electron chi connectivity index (χ2n) is 2.36. The predicted octanol–water partition coefficient (Wildman–Crippen LogP) is 0.650. The van der Waals surface area contributed by atoms with Crippen molar-refractivity contribution in [3.05, 3.63) is 12.4 Å². The van der Waals surface area contributed by atoms with Gasteiger partial charge in [0.15, 0.2) is 0 Å². The lowest BCUT2D eigenvalue weighted by atomic mass is 10.6. The Morgan fingerprint density at radius 2 is 2.23 bits per heavy atom. The molecule has 1 aromatic heterocycles. The summed E-state index contributed by atoms with van der Waals surface area (Å²) >= 11 is 0. The predicted molar refractivity (Wildman–Crippen MR) is 41.9 cm³/mol. The van der Waals surface area contributed by atoms with E-state index in [9.17, 15) is 17.2 Å². The van der Waals surface area contributed by atoms with Crippen molar-refractivity contribution in [1.29, 1.82) is 0 Å². The SMILES string of the molecule is CS(=O)(=O)Nc1cnn(C(F)F)c1. The third-order valence-electron chi connectivity index (χ3n) is 1.10. The smallest absolute Gasteiger partial charge is 0.281 e. The highest BCUT2D eigenvalue weighted by Gasteiger charge is 2.09. The van der Waals surface area contributed by atoms with Crippen LogP contribution in [0.15, 0.2) is 12.4 Å². The molecule has 0 aliphatic rings. The van der Waals surface area contributed by atoms with Crippen LogP contribution in [0.2, 0.25) is 0 Å². The maximum absolute atomic E-state index is 11.9. The Bertz CT molecular complexity index is 386. The normalized spacial score (nSPS) is 12.0. The molecule has 0 aliphatic carbocycles. The zero-order valence-corrected chi connectivity index (χ0v) is 7.42. The molecule has 1 aromatic rings. The van der Waals surface area contributed by atoms with Gasteiger partial charge in [0.2, 0.25) is 10.0 Å². The van der Waals surface area contributed by atoms with E-state index in [4.69, 9.17) is 0 Å². The first kappa shape index (κ1) is 9.90. The third kappa shape index (κ3) is 2.98. The minimum atomic E-state index is -3.44. The van der Waals surface area contributed by atoms with E-state index in [1.54, 1.807) is 0 Å². The highest BCUT2D eigenvalue weighted by molar-refractivity contribution is 7.92. The van der Waals surface area contributed by atoms with Crippen LogP contribution in [0, 0.1) is 0 Å². The molecule has 1 rings (SSSR count). The lowest BCUT2D eigenvalue weighted by Gasteiger charge is -1.98. The highest BCUT2D eigenvalue weighted by Crippen LogP contribution is 2.13. The van der Waals surface area contributed by atoms with Crippen molar-refractivity contribution in [1.82, 2.24) is 9.78 Å². The van der Waals surface area contributed by atoms with E-state index < -0.39 is 16.6 Å². The molecule has 74 valence electrons. The molecule has 0 unspecified atom stereocenters. The van der Waals surface area contributed by atoms with Crippen LogP contribution < -0.4 is 4.72 Å². The molecule has 0 saturated carbocycles. The van der Waals surface area contributed by atoms with Crippen LogP contribution in [0.4, 0.5) is 14.5 Å². The van der Waals surface area contributed by atoms with Crippen molar-refractivity contribution in [2.75, 3.05) is 11.0 Å². The summed E-state index contributed by atoms with van der Waals surface area (Å²) in [7, 11) is -3.44. The van der Waals surface area contributed by atoms with E-state index in [1.807, 2.05) is 4.72 Å². The minimum Gasteiger partial charge on any atom is -0.281 e. The van der Waals surface area contributed by atoms with Crippen molar-refractivity contribution in [2.24, 2.45) is 0 Å². The molecule has 0 bridgehead atoms. The molecular weight excluding hydrogens is 204 g/mol. The summed E-state index contributed by atoms with van der Waals surface area (Å²) in [6.45, 7) is -2.77. The van der Waals surface area contributed by atoms with Crippen LogP contribution in [0.25, 0.3) is 0 Å². The molecule has 8 heteroatoms. The Labute approximate surface area is 73.4 Å². The summed E-state index contributed by atoms with van der Waals surface area (Å²) in [6, 6.07) is 0. The first-order valence-electron chi connectivity index (χ1n) is 3.18. The molecule has 0 saturated heterocycles. The van der Waals surface area contributed by atoms with Gasteiger partial charge in [0, 0.05) is 0 Å². The van der Waals surface area contributed by atoms with Gasteiger partial charge in [0.1, 0.15) is 0 Å². The molecule has 0 fully saturated rings. The average molecular weight is 211 g/mol. The van der Waals surface area contributed by atoms with E-state index in [-0.39, 0.29) is 5.69 Å². The second kappa shape index (κ2) is 3.29. The van der Waals surface area contributed by atoms with Crippen molar-refractivity contribution in [2.45, 2.75) is 6.55 Å². The van der Waals surface area contributed by atoms with Gasteiger partial charge in [-0.1, -0.05) is 0 Å². The molecule has 13 heavy (non-hydrogen) atoms.